The zero-order chi connectivity index (χ0) is 8.97. The summed E-state index contributed by atoms with van der Waals surface area (Å²) in [5.41, 5.74) is 1.30. The van der Waals surface area contributed by atoms with Crippen LogP contribution in [0.4, 0.5) is 0 Å². The third-order valence-corrected chi connectivity index (χ3v) is 3.43. The van der Waals surface area contributed by atoms with E-state index in [0.29, 0.717) is 5.92 Å². The average molecular weight is 179 g/mol. The molecule has 0 amide bonds. The molecular formula is C10H15OSi. The molecule has 1 aromatic rings. The summed E-state index contributed by atoms with van der Waals surface area (Å²) in [5.74, 6) is 0.449. The molecule has 1 rings (SSSR count). The summed E-state index contributed by atoms with van der Waals surface area (Å²) in [5, 5.41) is 0. The van der Waals surface area contributed by atoms with Gasteiger partial charge in [0.15, 0.2) is 0 Å². The van der Waals surface area contributed by atoms with E-state index < -0.39 is 9.04 Å². The van der Waals surface area contributed by atoms with Gasteiger partial charge in [0.2, 0.25) is 9.04 Å². The van der Waals surface area contributed by atoms with Crippen molar-refractivity contribution < 1.29 is 4.80 Å². The molecule has 0 N–H and O–H groups in total. The highest BCUT2D eigenvalue weighted by Crippen LogP contribution is 2.19. The van der Waals surface area contributed by atoms with Gasteiger partial charge in [-0.1, -0.05) is 37.3 Å². The summed E-state index contributed by atoms with van der Waals surface area (Å²) >= 11 is 0. The van der Waals surface area contributed by atoms with Crippen LogP contribution in [0.5, 0.6) is 0 Å². The van der Waals surface area contributed by atoms with Gasteiger partial charge in [-0.2, -0.15) is 0 Å². The Morgan fingerprint density at radius 2 is 1.92 bits per heavy atom. The van der Waals surface area contributed by atoms with Crippen LogP contribution < -0.4 is 0 Å². The molecule has 0 saturated carbocycles. The van der Waals surface area contributed by atoms with E-state index in [4.69, 9.17) is 0 Å². The van der Waals surface area contributed by atoms with Crippen LogP contribution in [0.1, 0.15) is 18.4 Å². The molecule has 1 aromatic carbocycles. The van der Waals surface area contributed by atoms with Gasteiger partial charge < -0.3 is 4.80 Å². The summed E-state index contributed by atoms with van der Waals surface area (Å²) < 4.78 is 0. The molecule has 12 heavy (non-hydrogen) atoms. The van der Waals surface area contributed by atoms with E-state index in [0.717, 1.165) is 6.04 Å². The lowest BCUT2D eigenvalue weighted by Gasteiger charge is -2.10. The Bertz CT molecular complexity index is 221. The molecule has 0 aliphatic rings. The minimum atomic E-state index is -1.65. The smallest absolute Gasteiger partial charge is 0.219 e. The largest absolute Gasteiger partial charge is 0.302 e. The van der Waals surface area contributed by atoms with Gasteiger partial charge in [0.05, 0.1) is 0 Å². The summed E-state index contributed by atoms with van der Waals surface area (Å²) in [6.07, 6.45) is 0. The zero-order valence-electron chi connectivity index (χ0n) is 7.66. The van der Waals surface area contributed by atoms with Crippen LogP contribution in [-0.4, -0.2) is 9.04 Å². The predicted molar refractivity (Wildman–Crippen MR) is 53.4 cm³/mol. The first-order valence-electron chi connectivity index (χ1n) is 4.41. The fourth-order valence-electron chi connectivity index (χ4n) is 1.42. The van der Waals surface area contributed by atoms with E-state index in [1.54, 1.807) is 0 Å². The highest BCUT2D eigenvalue weighted by atomic mass is 28.3. The van der Waals surface area contributed by atoms with Crippen LogP contribution in [0.2, 0.25) is 12.6 Å². The maximum absolute atomic E-state index is 11.0. The lowest BCUT2D eigenvalue weighted by molar-refractivity contribution is 0.447. The van der Waals surface area contributed by atoms with Crippen LogP contribution in [0.15, 0.2) is 30.3 Å². The van der Waals surface area contributed by atoms with Crippen molar-refractivity contribution in [2.24, 2.45) is 0 Å². The van der Waals surface area contributed by atoms with Gasteiger partial charge >= 0.3 is 0 Å². The van der Waals surface area contributed by atoms with Gasteiger partial charge in [0, 0.05) is 0 Å². The third-order valence-electron chi connectivity index (χ3n) is 2.05. The maximum Gasteiger partial charge on any atom is 0.219 e. The summed E-state index contributed by atoms with van der Waals surface area (Å²) in [6.45, 7) is 4.00. The van der Waals surface area contributed by atoms with Crippen molar-refractivity contribution in [2.45, 2.75) is 25.4 Å². The van der Waals surface area contributed by atoms with Gasteiger partial charge in [0.1, 0.15) is 0 Å². The Balaban J connectivity index is 2.59. The minimum Gasteiger partial charge on any atom is -0.302 e. The minimum absolute atomic E-state index is 0.449. The van der Waals surface area contributed by atoms with Crippen molar-refractivity contribution in [3.63, 3.8) is 0 Å². The SMILES string of the molecule is CC(C[SiH](C)[O])c1ccccc1. The summed E-state index contributed by atoms with van der Waals surface area (Å²) in [7, 11) is -1.65. The van der Waals surface area contributed by atoms with E-state index >= 15 is 0 Å². The lowest BCUT2D eigenvalue weighted by atomic mass is 10.0. The van der Waals surface area contributed by atoms with E-state index in [-0.39, 0.29) is 0 Å². The molecular weight excluding hydrogens is 164 g/mol. The first kappa shape index (κ1) is 9.48. The molecule has 0 aliphatic carbocycles. The molecule has 0 fully saturated rings. The van der Waals surface area contributed by atoms with Gasteiger partial charge in [0.25, 0.3) is 0 Å². The Labute approximate surface area is 75.8 Å². The summed E-state index contributed by atoms with van der Waals surface area (Å²) in [6, 6.07) is 11.1. The van der Waals surface area contributed by atoms with Gasteiger partial charge in [-0.05, 0) is 24.1 Å². The van der Waals surface area contributed by atoms with Gasteiger partial charge in [-0.3, -0.25) is 0 Å². The van der Waals surface area contributed by atoms with Gasteiger partial charge in [-0.25, -0.2) is 0 Å². The van der Waals surface area contributed by atoms with Crippen LogP contribution in [0, 0.1) is 0 Å². The second-order valence-electron chi connectivity index (χ2n) is 3.36. The van der Waals surface area contributed by atoms with Crippen LogP contribution in [0.25, 0.3) is 0 Å². The van der Waals surface area contributed by atoms with Crippen LogP contribution >= 0.6 is 0 Å². The Hall–Kier alpha value is -0.603. The number of benzene rings is 1. The van der Waals surface area contributed by atoms with Gasteiger partial charge in [-0.15, -0.1) is 0 Å². The number of hydrogen-bond acceptors (Lipinski definition) is 0. The molecule has 2 heteroatoms. The zero-order valence-corrected chi connectivity index (χ0v) is 8.81. The second-order valence-corrected chi connectivity index (χ2v) is 5.45. The standard InChI is InChI=1S/C10H15OSi/c1-9(8-12(2)11)10-6-4-3-5-7-10/h3-7,9,12H,8H2,1-2H3. The molecule has 65 valence electrons. The van der Waals surface area contributed by atoms with Crippen molar-refractivity contribution >= 4 is 9.04 Å². The summed E-state index contributed by atoms with van der Waals surface area (Å²) in [4.78, 5) is 11.0. The Kier molecular flexibility index (Phi) is 3.50. The Morgan fingerprint density at radius 3 is 2.42 bits per heavy atom. The predicted octanol–water partition coefficient (Wildman–Crippen LogP) is 2.57. The highest BCUT2D eigenvalue weighted by molar-refractivity contribution is 6.48. The van der Waals surface area contributed by atoms with E-state index in [1.165, 1.54) is 5.56 Å². The van der Waals surface area contributed by atoms with Crippen LogP contribution in [-0.2, 0) is 4.80 Å². The van der Waals surface area contributed by atoms with Crippen molar-refractivity contribution in [1.29, 1.82) is 0 Å². The normalized spacial score (nSPS) is 15.6. The van der Waals surface area contributed by atoms with Crippen molar-refractivity contribution in [3.8, 4) is 0 Å². The van der Waals surface area contributed by atoms with Crippen molar-refractivity contribution in [2.75, 3.05) is 0 Å². The van der Waals surface area contributed by atoms with Crippen molar-refractivity contribution in [3.05, 3.63) is 35.9 Å². The molecule has 0 bridgehead atoms. The second kappa shape index (κ2) is 4.43. The monoisotopic (exact) mass is 179 g/mol. The molecule has 0 spiro atoms. The van der Waals surface area contributed by atoms with E-state index in [9.17, 15) is 4.80 Å². The molecule has 1 radical (unpaired) electrons. The highest BCUT2D eigenvalue weighted by Gasteiger charge is 2.10. The average Bonchev–Trinajstić information content (AvgIpc) is 2.05. The number of hydrogen-bond donors (Lipinski definition) is 0. The first-order valence-corrected chi connectivity index (χ1v) is 6.85. The molecule has 0 aliphatic heterocycles. The first-order chi connectivity index (χ1) is 5.70. The molecule has 0 aromatic heterocycles. The van der Waals surface area contributed by atoms with Crippen LogP contribution in [0.3, 0.4) is 0 Å². The lowest BCUT2D eigenvalue weighted by Crippen LogP contribution is -2.07. The third kappa shape index (κ3) is 2.79. The quantitative estimate of drug-likeness (QED) is 0.636. The molecule has 0 saturated heterocycles. The van der Waals surface area contributed by atoms with E-state index in [2.05, 4.69) is 19.1 Å². The molecule has 2 unspecified atom stereocenters. The Morgan fingerprint density at radius 1 is 1.33 bits per heavy atom. The molecule has 0 heterocycles. The fourth-order valence-corrected chi connectivity index (χ4v) is 2.68. The van der Waals surface area contributed by atoms with E-state index in [1.807, 2.05) is 24.7 Å². The fraction of sp³-hybridized carbons (Fsp3) is 0.400. The topological polar surface area (TPSA) is 19.9 Å². The van der Waals surface area contributed by atoms with Crippen molar-refractivity contribution in [1.82, 2.24) is 0 Å². The maximum atomic E-state index is 11.0. The molecule has 1 nitrogen and oxygen atoms in total. The number of rotatable bonds is 3. The molecule has 2 atom stereocenters.